The molecule has 76 valence electrons. The van der Waals surface area contributed by atoms with Crippen molar-refractivity contribution in [2.75, 3.05) is 5.73 Å². The van der Waals surface area contributed by atoms with Crippen LogP contribution in [-0.4, -0.2) is 21.0 Å². The molecule has 1 rings (SSSR count). The molecule has 1 aromatic heterocycles. The smallest absolute Gasteiger partial charge is 0.339 e. The van der Waals surface area contributed by atoms with Crippen LogP contribution in [0.1, 0.15) is 29.9 Å². The van der Waals surface area contributed by atoms with Crippen molar-refractivity contribution in [2.24, 2.45) is 5.92 Å². The lowest BCUT2D eigenvalue weighted by Crippen LogP contribution is -2.10. The Bertz CT molecular complexity index is 350. The molecule has 0 bridgehead atoms. The second kappa shape index (κ2) is 4.04. The summed E-state index contributed by atoms with van der Waals surface area (Å²) in [5.41, 5.74) is 6.02. The van der Waals surface area contributed by atoms with Gasteiger partial charge in [-0.2, -0.15) is 0 Å². The van der Waals surface area contributed by atoms with Crippen LogP contribution < -0.4 is 5.73 Å². The molecule has 1 aromatic rings. The van der Waals surface area contributed by atoms with Crippen LogP contribution in [0, 0.1) is 5.92 Å². The fourth-order valence-corrected chi connectivity index (χ4v) is 1.15. The molecule has 5 nitrogen and oxygen atoms in total. The highest BCUT2D eigenvalue weighted by molar-refractivity contribution is 5.88. The van der Waals surface area contributed by atoms with E-state index in [-0.39, 0.29) is 11.5 Å². The number of nitrogens with two attached hydrogens (primary N) is 1. The Morgan fingerprint density at radius 2 is 2.29 bits per heavy atom. The van der Waals surface area contributed by atoms with Crippen molar-refractivity contribution in [3.05, 3.63) is 17.5 Å². The van der Waals surface area contributed by atoms with Crippen molar-refractivity contribution in [3.63, 3.8) is 0 Å². The first-order chi connectivity index (χ1) is 6.50. The summed E-state index contributed by atoms with van der Waals surface area (Å²) in [6.45, 7) is 3.98. The second-order valence-electron chi connectivity index (χ2n) is 3.49. The molecule has 0 amide bonds. The van der Waals surface area contributed by atoms with E-state index in [1.54, 1.807) is 0 Å². The van der Waals surface area contributed by atoms with Gasteiger partial charge in [0.15, 0.2) is 0 Å². The van der Waals surface area contributed by atoms with Gasteiger partial charge in [-0.3, -0.25) is 0 Å². The van der Waals surface area contributed by atoms with E-state index in [0.29, 0.717) is 18.0 Å². The lowest BCUT2D eigenvalue weighted by Gasteiger charge is -2.07. The molecule has 1 heterocycles. The van der Waals surface area contributed by atoms with Gasteiger partial charge in [0.25, 0.3) is 0 Å². The average molecular weight is 195 g/mol. The molecular formula is C9H13N3O2. The summed E-state index contributed by atoms with van der Waals surface area (Å²) in [6, 6.07) is 0. The van der Waals surface area contributed by atoms with E-state index in [9.17, 15) is 4.79 Å². The second-order valence-corrected chi connectivity index (χ2v) is 3.49. The minimum Gasteiger partial charge on any atom is -0.478 e. The Morgan fingerprint density at radius 1 is 1.64 bits per heavy atom. The number of hydrogen-bond donors (Lipinski definition) is 2. The number of aromatic nitrogens is 2. The van der Waals surface area contributed by atoms with Gasteiger partial charge < -0.3 is 10.8 Å². The maximum absolute atomic E-state index is 10.8. The van der Waals surface area contributed by atoms with Gasteiger partial charge in [-0.1, -0.05) is 13.8 Å². The number of nitrogen functional groups attached to an aromatic ring is 1. The van der Waals surface area contributed by atoms with Gasteiger partial charge in [0.2, 0.25) is 5.95 Å². The number of anilines is 1. The van der Waals surface area contributed by atoms with Crippen molar-refractivity contribution in [1.29, 1.82) is 0 Å². The lowest BCUT2D eigenvalue weighted by molar-refractivity contribution is 0.0694. The fourth-order valence-electron chi connectivity index (χ4n) is 1.15. The zero-order valence-electron chi connectivity index (χ0n) is 8.19. The molecule has 0 aliphatic rings. The molecule has 0 fully saturated rings. The number of rotatable bonds is 3. The summed E-state index contributed by atoms with van der Waals surface area (Å²) < 4.78 is 0. The summed E-state index contributed by atoms with van der Waals surface area (Å²) in [7, 11) is 0. The fraction of sp³-hybridized carbons (Fsp3) is 0.444. The van der Waals surface area contributed by atoms with Crippen molar-refractivity contribution in [1.82, 2.24) is 9.97 Å². The SMILES string of the molecule is CC(C)Cc1nc(N)ncc1C(=O)O. The van der Waals surface area contributed by atoms with Crippen LogP contribution in [0.3, 0.4) is 0 Å². The van der Waals surface area contributed by atoms with E-state index in [1.807, 2.05) is 13.8 Å². The molecule has 0 radical (unpaired) electrons. The van der Waals surface area contributed by atoms with Crippen LogP contribution >= 0.6 is 0 Å². The largest absolute Gasteiger partial charge is 0.478 e. The Balaban J connectivity index is 3.09. The van der Waals surface area contributed by atoms with E-state index in [1.165, 1.54) is 6.20 Å². The van der Waals surface area contributed by atoms with E-state index in [2.05, 4.69) is 9.97 Å². The van der Waals surface area contributed by atoms with Gasteiger partial charge in [-0.05, 0) is 12.3 Å². The number of nitrogens with zero attached hydrogens (tertiary/aromatic N) is 2. The third kappa shape index (κ3) is 2.42. The molecule has 14 heavy (non-hydrogen) atoms. The maximum Gasteiger partial charge on any atom is 0.339 e. The number of aromatic carboxylic acids is 1. The maximum atomic E-state index is 10.8. The molecule has 0 spiro atoms. The molecule has 0 atom stereocenters. The monoisotopic (exact) mass is 195 g/mol. The van der Waals surface area contributed by atoms with E-state index >= 15 is 0 Å². The van der Waals surface area contributed by atoms with Crippen LogP contribution in [-0.2, 0) is 6.42 Å². The summed E-state index contributed by atoms with van der Waals surface area (Å²) in [4.78, 5) is 18.4. The van der Waals surface area contributed by atoms with Crippen LogP contribution in [0.5, 0.6) is 0 Å². The Hall–Kier alpha value is -1.65. The first-order valence-corrected chi connectivity index (χ1v) is 4.35. The van der Waals surface area contributed by atoms with E-state index in [4.69, 9.17) is 10.8 Å². The number of carbonyl (C=O) groups is 1. The van der Waals surface area contributed by atoms with Gasteiger partial charge in [-0.25, -0.2) is 14.8 Å². The predicted molar refractivity (Wildman–Crippen MR) is 51.9 cm³/mol. The highest BCUT2D eigenvalue weighted by Gasteiger charge is 2.13. The minimum absolute atomic E-state index is 0.116. The lowest BCUT2D eigenvalue weighted by atomic mass is 10.0. The highest BCUT2D eigenvalue weighted by Crippen LogP contribution is 2.11. The van der Waals surface area contributed by atoms with Crippen LogP contribution in [0.4, 0.5) is 5.95 Å². The summed E-state index contributed by atoms with van der Waals surface area (Å²) >= 11 is 0. The molecule has 0 saturated heterocycles. The normalized spacial score (nSPS) is 10.5. The van der Waals surface area contributed by atoms with E-state index in [0.717, 1.165) is 0 Å². The van der Waals surface area contributed by atoms with Crippen molar-refractivity contribution < 1.29 is 9.90 Å². The highest BCUT2D eigenvalue weighted by atomic mass is 16.4. The van der Waals surface area contributed by atoms with Gasteiger partial charge in [0.1, 0.15) is 0 Å². The standard InChI is InChI=1S/C9H13N3O2/c1-5(2)3-7-6(8(13)14)4-11-9(10)12-7/h4-5H,3H2,1-2H3,(H,13,14)(H2,10,11,12). The third-order valence-electron chi connectivity index (χ3n) is 1.72. The van der Waals surface area contributed by atoms with Crippen molar-refractivity contribution in [2.45, 2.75) is 20.3 Å². The summed E-state index contributed by atoms with van der Waals surface area (Å²) in [5.74, 6) is -0.561. The van der Waals surface area contributed by atoms with Crippen LogP contribution in [0.15, 0.2) is 6.20 Å². The minimum atomic E-state index is -1.01. The quantitative estimate of drug-likeness (QED) is 0.749. The topological polar surface area (TPSA) is 89.1 Å². The zero-order valence-corrected chi connectivity index (χ0v) is 8.19. The molecule has 0 aliphatic heterocycles. The third-order valence-corrected chi connectivity index (χ3v) is 1.72. The molecule has 3 N–H and O–H groups in total. The number of hydrogen-bond acceptors (Lipinski definition) is 4. The van der Waals surface area contributed by atoms with Gasteiger partial charge in [0, 0.05) is 6.20 Å². The Labute approximate surface area is 82.0 Å². The Kier molecular flexibility index (Phi) is 3.01. The summed E-state index contributed by atoms with van der Waals surface area (Å²) in [6.07, 6.45) is 1.84. The molecule has 0 saturated carbocycles. The molecule has 0 aliphatic carbocycles. The first kappa shape index (κ1) is 10.4. The number of carboxylic acid groups (broad SMARTS) is 1. The number of carboxylic acids is 1. The predicted octanol–water partition coefficient (Wildman–Crippen LogP) is 0.955. The summed E-state index contributed by atoms with van der Waals surface area (Å²) in [5, 5.41) is 8.85. The van der Waals surface area contributed by atoms with Gasteiger partial charge in [0.05, 0.1) is 11.3 Å². The molecular weight excluding hydrogens is 182 g/mol. The molecule has 0 unspecified atom stereocenters. The van der Waals surface area contributed by atoms with Crippen molar-refractivity contribution >= 4 is 11.9 Å². The molecule has 0 aromatic carbocycles. The first-order valence-electron chi connectivity index (χ1n) is 4.35. The van der Waals surface area contributed by atoms with Gasteiger partial charge in [-0.15, -0.1) is 0 Å². The van der Waals surface area contributed by atoms with Crippen molar-refractivity contribution in [3.8, 4) is 0 Å². The van der Waals surface area contributed by atoms with Crippen LogP contribution in [0.2, 0.25) is 0 Å². The zero-order chi connectivity index (χ0) is 10.7. The van der Waals surface area contributed by atoms with E-state index < -0.39 is 5.97 Å². The average Bonchev–Trinajstić information content (AvgIpc) is 2.01. The molecule has 5 heteroatoms. The van der Waals surface area contributed by atoms with Gasteiger partial charge >= 0.3 is 5.97 Å². The Morgan fingerprint density at radius 3 is 2.79 bits per heavy atom. The van der Waals surface area contributed by atoms with Crippen LogP contribution in [0.25, 0.3) is 0 Å².